The molecule has 1 aliphatic heterocycles. The number of carbonyl (C=O) groups excluding carboxylic acids is 1. The molecule has 1 atom stereocenters. The maximum absolute atomic E-state index is 12.4. The van der Waals surface area contributed by atoms with E-state index in [2.05, 4.69) is 17.1 Å². The number of methoxy groups -OCH3 is 1. The molecule has 1 aliphatic rings. The van der Waals surface area contributed by atoms with Gasteiger partial charge in [-0.3, -0.25) is 4.79 Å². The first-order valence-corrected chi connectivity index (χ1v) is 7.94. The summed E-state index contributed by atoms with van der Waals surface area (Å²) < 4.78 is 10.4. The lowest BCUT2D eigenvalue weighted by Crippen LogP contribution is -2.42. The molecule has 1 amide bonds. The van der Waals surface area contributed by atoms with Crippen LogP contribution in [-0.4, -0.2) is 40.6 Å². The van der Waals surface area contributed by atoms with Crippen LogP contribution in [0.3, 0.4) is 0 Å². The molecular weight excluding hydrogens is 294 g/mol. The smallest absolute Gasteiger partial charge is 0.236 e. The van der Waals surface area contributed by atoms with Gasteiger partial charge in [0.05, 0.1) is 7.11 Å². The highest BCUT2D eigenvalue weighted by Crippen LogP contribution is 2.21. The van der Waals surface area contributed by atoms with E-state index in [9.17, 15) is 4.79 Å². The van der Waals surface area contributed by atoms with Crippen LogP contribution < -0.4 is 4.74 Å². The number of hydrogen-bond donors (Lipinski definition) is 0. The van der Waals surface area contributed by atoms with E-state index in [4.69, 9.17) is 9.26 Å². The van der Waals surface area contributed by atoms with Crippen molar-refractivity contribution in [2.75, 3.05) is 13.7 Å². The van der Waals surface area contributed by atoms with Gasteiger partial charge in [0.1, 0.15) is 12.2 Å². The largest absolute Gasteiger partial charge is 0.497 e. The van der Waals surface area contributed by atoms with Crippen LogP contribution >= 0.6 is 0 Å². The number of likely N-dealkylation sites (tertiary alicyclic amines) is 1. The monoisotopic (exact) mass is 315 g/mol. The molecule has 1 unspecified atom stereocenters. The molecule has 6 heteroatoms. The predicted octanol–water partition coefficient (Wildman–Crippen LogP) is 2.69. The third kappa shape index (κ3) is 3.52. The number of ether oxygens (including phenoxy) is 1. The SMILES string of the molecule is COc1ccc(-c2noc(CC(=O)N3CCCCC3C)n2)cc1. The van der Waals surface area contributed by atoms with Crippen LogP contribution in [0, 0.1) is 0 Å². The van der Waals surface area contributed by atoms with Crippen LogP contribution in [0.15, 0.2) is 28.8 Å². The van der Waals surface area contributed by atoms with E-state index in [1.807, 2.05) is 29.2 Å². The minimum atomic E-state index is 0.0575. The molecule has 0 spiro atoms. The van der Waals surface area contributed by atoms with Crippen LogP contribution in [0.5, 0.6) is 5.75 Å². The number of aromatic nitrogens is 2. The van der Waals surface area contributed by atoms with E-state index >= 15 is 0 Å². The van der Waals surface area contributed by atoms with Gasteiger partial charge in [-0.2, -0.15) is 4.98 Å². The second kappa shape index (κ2) is 6.81. The number of amides is 1. The Hall–Kier alpha value is -2.37. The van der Waals surface area contributed by atoms with Crippen molar-refractivity contribution in [3.8, 4) is 17.1 Å². The predicted molar refractivity (Wildman–Crippen MR) is 85.0 cm³/mol. The number of nitrogens with zero attached hydrogens (tertiary/aromatic N) is 3. The first-order chi connectivity index (χ1) is 11.2. The van der Waals surface area contributed by atoms with Gasteiger partial charge in [0.25, 0.3) is 0 Å². The molecule has 1 aromatic heterocycles. The Labute approximate surface area is 135 Å². The van der Waals surface area contributed by atoms with E-state index in [0.717, 1.165) is 30.7 Å². The molecule has 6 nitrogen and oxygen atoms in total. The fourth-order valence-electron chi connectivity index (χ4n) is 2.88. The van der Waals surface area contributed by atoms with Gasteiger partial charge in [0.15, 0.2) is 0 Å². The van der Waals surface area contributed by atoms with Crippen LogP contribution in [-0.2, 0) is 11.2 Å². The Kier molecular flexibility index (Phi) is 4.60. The maximum atomic E-state index is 12.4. The van der Waals surface area contributed by atoms with E-state index in [1.165, 1.54) is 6.42 Å². The van der Waals surface area contributed by atoms with Gasteiger partial charge in [-0.1, -0.05) is 5.16 Å². The summed E-state index contributed by atoms with van der Waals surface area (Å²) in [5.74, 6) is 1.68. The van der Waals surface area contributed by atoms with E-state index in [-0.39, 0.29) is 12.3 Å². The zero-order chi connectivity index (χ0) is 16.2. The molecule has 23 heavy (non-hydrogen) atoms. The summed E-state index contributed by atoms with van der Waals surface area (Å²) in [6, 6.07) is 7.70. The average Bonchev–Trinajstić information content (AvgIpc) is 3.03. The van der Waals surface area contributed by atoms with Crippen molar-refractivity contribution in [3.05, 3.63) is 30.2 Å². The summed E-state index contributed by atoms with van der Waals surface area (Å²) in [4.78, 5) is 18.6. The van der Waals surface area contributed by atoms with Crippen molar-refractivity contribution < 1.29 is 14.1 Å². The van der Waals surface area contributed by atoms with Crippen molar-refractivity contribution in [1.29, 1.82) is 0 Å². The molecule has 0 saturated carbocycles. The molecule has 2 aromatic rings. The molecule has 0 aliphatic carbocycles. The summed E-state index contributed by atoms with van der Waals surface area (Å²) in [5.41, 5.74) is 0.833. The van der Waals surface area contributed by atoms with Crippen molar-refractivity contribution in [3.63, 3.8) is 0 Å². The Morgan fingerprint density at radius 1 is 1.35 bits per heavy atom. The summed E-state index contributed by atoms with van der Waals surface area (Å²) >= 11 is 0. The molecule has 1 aromatic carbocycles. The van der Waals surface area contributed by atoms with Crippen molar-refractivity contribution in [2.24, 2.45) is 0 Å². The lowest BCUT2D eigenvalue weighted by molar-refractivity contribution is -0.134. The second-order valence-corrected chi connectivity index (χ2v) is 5.85. The Morgan fingerprint density at radius 3 is 2.83 bits per heavy atom. The van der Waals surface area contributed by atoms with Crippen LogP contribution in [0.2, 0.25) is 0 Å². The van der Waals surface area contributed by atoms with Crippen LogP contribution in [0.25, 0.3) is 11.4 Å². The standard InChI is InChI=1S/C17H21N3O3/c1-12-5-3-4-10-20(12)16(21)11-15-18-17(19-23-15)13-6-8-14(22-2)9-7-13/h6-9,12H,3-5,10-11H2,1-2H3. The van der Waals surface area contributed by atoms with Crippen molar-refractivity contribution in [1.82, 2.24) is 15.0 Å². The minimum Gasteiger partial charge on any atom is -0.497 e. The number of benzene rings is 1. The molecule has 2 heterocycles. The average molecular weight is 315 g/mol. The fourth-order valence-corrected chi connectivity index (χ4v) is 2.88. The molecule has 1 saturated heterocycles. The first kappa shape index (κ1) is 15.5. The lowest BCUT2D eigenvalue weighted by Gasteiger charge is -2.33. The zero-order valence-corrected chi connectivity index (χ0v) is 13.5. The highest BCUT2D eigenvalue weighted by molar-refractivity contribution is 5.78. The van der Waals surface area contributed by atoms with Crippen LogP contribution in [0.1, 0.15) is 32.1 Å². The Balaban J connectivity index is 1.67. The highest BCUT2D eigenvalue weighted by atomic mass is 16.5. The van der Waals surface area contributed by atoms with Crippen molar-refractivity contribution >= 4 is 5.91 Å². The number of carbonyl (C=O) groups is 1. The quantitative estimate of drug-likeness (QED) is 0.867. The van der Waals surface area contributed by atoms with Gasteiger partial charge >= 0.3 is 0 Å². The summed E-state index contributed by atoms with van der Waals surface area (Å²) in [6.07, 6.45) is 3.48. The van der Waals surface area contributed by atoms with Gasteiger partial charge in [0.2, 0.25) is 17.6 Å². The third-order valence-corrected chi connectivity index (χ3v) is 4.24. The minimum absolute atomic E-state index is 0.0575. The Morgan fingerprint density at radius 2 is 2.13 bits per heavy atom. The van der Waals surface area contributed by atoms with Gasteiger partial charge < -0.3 is 14.2 Å². The first-order valence-electron chi connectivity index (χ1n) is 7.94. The molecule has 0 N–H and O–H groups in total. The van der Waals surface area contributed by atoms with Crippen LogP contribution in [0.4, 0.5) is 0 Å². The second-order valence-electron chi connectivity index (χ2n) is 5.85. The molecule has 3 rings (SSSR count). The molecule has 1 fully saturated rings. The normalized spacial score (nSPS) is 18.0. The molecule has 0 radical (unpaired) electrons. The lowest BCUT2D eigenvalue weighted by atomic mass is 10.0. The number of hydrogen-bond acceptors (Lipinski definition) is 5. The zero-order valence-electron chi connectivity index (χ0n) is 13.5. The van der Waals surface area contributed by atoms with Gasteiger partial charge in [-0.25, -0.2) is 0 Å². The van der Waals surface area contributed by atoms with E-state index in [1.54, 1.807) is 7.11 Å². The summed E-state index contributed by atoms with van der Waals surface area (Å²) in [7, 11) is 1.62. The van der Waals surface area contributed by atoms with Crippen molar-refractivity contribution in [2.45, 2.75) is 38.6 Å². The molecule has 0 bridgehead atoms. The topological polar surface area (TPSA) is 68.5 Å². The fraction of sp³-hybridized carbons (Fsp3) is 0.471. The van der Waals surface area contributed by atoms with E-state index in [0.29, 0.717) is 17.8 Å². The number of piperidine rings is 1. The molecule has 122 valence electrons. The highest BCUT2D eigenvalue weighted by Gasteiger charge is 2.24. The van der Waals surface area contributed by atoms with Gasteiger partial charge in [0, 0.05) is 18.2 Å². The Bertz CT molecular complexity index is 666. The van der Waals surface area contributed by atoms with Gasteiger partial charge in [-0.15, -0.1) is 0 Å². The summed E-state index contributed by atoms with van der Waals surface area (Å²) in [6.45, 7) is 2.91. The maximum Gasteiger partial charge on any atom is 0.236 e. The van der Waals surface area contributed by atoms with Gasteiger partial charge in [-0.05, 0) is 50.5 Å². The third-order valence-electron chi connectivity index (χ3n) is 4.24. The summed E-state index contributed by atoms with van der Waals surface area (Å²) in [5, 5.41) is 3.96. The van der Waals surface area contributed by atoms with E-state index < -0.39 is 0 Å². The molecular formula is C17H21N3O3. The number of rotatable bonds is 4.